The first-order valence-electron chi connectivity index (χ1n) is 19.4. The Balaban J connectivity index is 0. The van der Waals surface area contributed by atoms with E-state index in [1.54, 1.807) is 13.0 Å². The number of rotatable bonds is 12. The molecule has 4 aromatic rings. The first kappa shape index (κ1) is 63.0. The van der Waals surface area contributed by atoms with E-state index in [0.717, 1.165) is 41.0 Å². The SMILES string of the molecule is CC(C)c1cccc(C(C)C)c1N=C=O.CCOC(=O)N=C=O.O=C=NCCCCl.O=C=NCc1ccccc1.O=C=Nc1cc(C(F)(F)F)cc(C(F)(F)F)c1.O=C=Nc1ccc([N+](=O)[O-])cc1. The molecule has 0 radical (unpaired) electrons. The van der Waals surface area contributed by atoms with Crippen LogP contribution in [0.25, 0.3) is 0 Å². The third-order valence-corrected chi connectivity index (χ3v) is 7.79. The molecule has 17 nitrogen and oxygen atoms in total. The first-order chi connectivity index (χ1) is 32.6. The van der Waals surface area contributed by atoms with Crippen LogP contribution >= 0.6 is 11.6 Å². The van der Waals surface area contributed by atoms with Crippen LogP contribution in [0.3, 0.4) is 0 Å². The second kappa shape index (κ2) is 36.1. The number of nitrogens with zero attached hydrogens (tertiary/aromatic N) is 7. The number of hydrogen-bond donors (Lipinski definition) is 0. The van der Waals surface area contributed by atoms with Crippen LogP contribution in [0.15, 0.2) is 121 Å². The summed E-state index contributed by atoms with van der Waals surface area (Å²) in [5.41, 5.74) is 0.595. The van der Waals surface area contributed by atoms with Crippen LogP contribution in [0.1, 0.15) is 80.7 Å². The zero-order chi connectivity index (χ0) is 52.8. The Hall–Kier alpha value is -8.10. The molecule has 1 amide bonds. The van der Waals surface area contributed by atoms with Gasteiger partial charge in [0.15, 0.2) is 0 Å². The maximum atomic E-state index is 12.3. The molecule has 0 N–H and O–H groups in total. The lowest BCUT2D eigenvalue weighted by molar-refractivity contribution is -0.384. The Labute approximate surface area is 395 Å². The second-order valence-corrected chi connectivity index (χ2v) is 13.4. The number of carbonyl (C=O) groups is 1. The quantitative estimate of drug-likeness (QED) is 0.0247. The van der Waals surface area contributed by atoms with Gasteiger partial charge >= 0.3 is 18.4 Å². The molecule has 0 aromatic heterocycles. The van der Waals surface area contributed by atoms with Gasteiger partial charge in [-0.2, -0.15) is 41.3 Å². The van der Waals surface area contributed by atoms with E-state index in [9.17, 15) is 70.0 Å². The van der Waals surface area contributed by atoms with E-state index in [2.05, 4.69) is 62.4 Å². The zero-order valence-corrected chi connectivity index (χ0v) is 38.0. The van der Waals surface area contributed by atoms with Gasteiger partial charge in [-0.05, 0) is 72.2 Å². The van der Waals surface area contributed by atoms with Crippen molar-refractivity contribution in [2.75, 3.05) is 19.0 Å². The van der Waals surface area contributed by atoms with Gasteiger partial charge in [0.2, 0.25) is 36.5 Å². The summed E-state index contributed by atoms with van der Waals surface area (Å²) in [4.78, 5) is 97.2. The summed E-state index contributed by atoms with van der Waals surface area (Å²) in [6, 6.07) is 21.6. The van der Waals surface area contributed by atoms with E-state index < -0.39 is 40.2 Å². The Bertz CT molecular complexity index is 2430. The van der Waals surface area contributed by atoms with Crippen LogP contribution in [0.5, 0.6) is 0 Å². The Morgan fingerprint density at radius 3 is 1.55 bits per heavy atom. The molecule has 69 heavy (non-hydrogen) atoms. The number of non-ortho nitro benzene ring substituents is 1. The summed E-state index contributed by atoms with van der Waals surface area (Å²) in [5.74, 6) is 1.30. The van der Waals surface area contributed by atoms with Crippen molar-refractivity contribution >= 4 is 76.9 Å². The van der Waals surface area contributed by atoms with Crippen LogP contribution in [0.4, 0.5) is 53.9 Å². The molecule has 0 aliphatic rings. The van der Waals surface area contributed by atoms with Crippen LogP contribution in [0.2, 0.25) is 0 Å². The number of isocyanates is 6. The lowest BCUT2D eigenvalue weighted by atomic mass is 9.93. The molecule has 0 aliphatic carbocycles. The minimum absolute atomic E-state index is 0.0279. The number of alkyl halides is 7. The number of halogens is 7. The molecule has 0 spiro atoms. The molecule has 0 fully saturated rings. The van der Waals surface area contributed by atoms with Gasteiger partial charge in [0.1, 0.15) is 0 Å². The van der Waals surface area contributed by atoms with Crippen LogP contribution in [-0.2, 0) is 52.4 Å². The van der Waals surface area contributed by atoms with E-state index in [1.807, 2.05) is 48.5 Å². The highest BCUT2D eigenvalue weighted by molar-refractivity contribution is 6.17. The van der Waals surface area contributed by atoms with Crippen molar-refractivity contribution < 1.29 is 69.6 Å². The van der Waals surface area contributed by atoms with E-state index in [0.29, 0.717) is 48.6 Å². The maximum Gasteiger partial charge on any atom is 0.444 e. The monoisotopic (exact) mass is 989 g/mol. The van der Waals surface area contributed by atoms with Gasteiger partial charge in [-0.25, -0.2) is 43.5 Å². The third-order valence-electron chi connectivity index (χ3n) is 7.52. The van der Waals surface area contributed by atoms with Gasteiger partial charge in [-0.15, -0.1) is 11.6 Å². The minimum Gasteiger partial charge on any atom is -0.448 e. The molecule has 0 saturated carbocycles. The predicted octanol–water partition coefficient (Wildman–Crippen LogP) is 12.1. The van der Waals surface area contributed by atoms with Crippen molar-refractivity contribution in [1.29, 1.82) is 0 Å². The predicted molar refractivity (Wildman–Crippen MR) is 239 cm³/mol. The number of nitro groups is 1. The topological polar surface area (TPSA) is 246 Å². The largest absolute Gasteiger partial charge is 0.448 e. The van der Waals surface area contributed by atoms with Crippen molar-refractivity contribution in [3.63, 3.8) is 0 Å². The van der Waals surface area contributed by atoms with E-state index in [-0.39, 0.29) is 18.4 Å². The van der Waals surface area contributed by atoms with Gasteiger partial charge in [0.25, 0.3) is 5.69 Å². The summed E-state index contributed by atoms with van der Waals surface area (Å²) >= 11 is 5.25. The average Bonchev–Trinajstić information content (AvgIpc) is 3.30. The van der Waals surface area contributed by atoms with E-state index in [1.165, 1.54) is 42.5 Å². The zero-order valence-electron chi connectivity index (χ0n) is 37.2. The van der Waals surface area contributed by atoms with Crippen molar-refractivity contribution in [2.24, 2.45) is 30.0 Å². The Morgan fingerprint density at radius 2 is 1.16 bits per heavy atom. The van der Waals surface area contributed by atoms with Crippen molar-refractivity contribution in [2.45, 2.75) is 71.8 Å². The fourth-order valence-electron chi connectivity index (χ4n) is 4.53. The number of ether oxygens (including phenoxy) is 1. The number of aliphatic imine (C=N–C) groups is 6. The molecule has 0 bridgehead atoms. The Kier molecular flexibility index (Phi) is 32.9. The third kappa shape index (κ3) is 29.2. The number of para-hydroxylation sites is 1. The summed E-state index contributed by atoms with van der Waals surface area (Å²) in [5, 5.41) is 10.2. The van der Waals surface area contributed by atoms with Gasteiger partial charge in [-0.3, -0.25) is 10.1 Å². The lowest BCUT2D eigenvalue weighted by Gasteiger charge is -2.14. The molecule has 366 valence electrons. The fourth-order valence-corrected chi connectivity index (χ4v) is 4.65. The molecule has 0 saturated heterocycles. The maximum absolute atomic E-state index is 12.3. The molecule has 0 aliphatic heterocycles. The molecular formula is C45H42ClF6N7O10. The molecule has 4 rings (SSSR count). The van der Waals surface area contributed by atoms with Crippen molar-refractivity contribution in [3.8, 4) is 0 Å². The highest BCUT2D eigenvalue weighted by atomic mass is 35.5. The second-order valence-electron chi connectivity index (χ2n) is 13.1. The van der Waals surface area contributed by atoms with Gasteiger partial charge in [0, 0.05) is 18.0 Å². The molecular weight excluding hydrogens is 948 g/mol. The highest BCUT2D eigenvalue weighted by Crippen LogP contribution is 2.38. The van der Waals surface area contributed by atoms with Crippen LogP contribution in [-0.4, -0.2) is 66.5 Å². The van der Waals surface area contributed by atoms with Crippen LogP contribution in [0, 0.1) is 10.1 Å². The lowest BCUT2D eigenvalue weighted by Crippen LogP contribution is -2.10. The van der Waals surface area contributed by atoms with Gasteiger partial charge < -0.3 is 4.74 Å². The van der Waals surface area contributed by atoms with E-state index in [4.69, 9.17) is 11.6 Å². The summed E-state index contributed by atoms with van der Waals surface area (Å²) in [7, 11) is 0. The summed E-state index contributed by atoms with van der Waals surface area (Å²) in [6.45, 7) is 11.2. The number of benzene rings is 4. The number of carbonyl (C=O) groups excluding carboxylic acids is 7. The average molecular weight is 990 g/mol. The standard InChI is InChI=1S/C13H17NO.C9H3F6NO.C8H7NO.C7H4N2O3.C4H6ClNO.C4H5NO3/c1-9(2)11-6-5-7-12(10(3)4)13(11)14-8-15;10-8(11,12)5-1-6(9(13,14)15)3-7(2-5)16-4-17;10-7-9-6-8-4-2-1-3-5-8;10-5-8-6-1-3-7(4-2-6)9(11)12;5-2-1-3-6-4-7;1-2-8-4(7)5-3-6/h5-7,9-10H,1-4H3;1-3H;1-5H,6H2;1-4H;1-3H2;2H2,1H3. The smallest absolute Gasteiger partial charge is 0.444 e. The van der Waals surface area contributed by atoms with Crippen molar-refractivity contribution in [3.05, 3.63) is 129 Å². The molecule has 24 heteroatoms. The fraction of sp³-hybridized carbons (Fsp3) is 0.311. The molecule has 0 heterocycles. The minimum atomic E-state index is -4.95. The number of nitro benzene ring substituents is 1. The summed E-state index contributed by atoms with van der Waals surface area (Å²) < 4.78 is 77.8. The number of hydrogen-bond acceptors (Lipinski definition) is 15. The van der Waals surface area contributed by atoms with Gasteiger partial charge in [0.05, 0.1) is 52.8 Å². The summed E-state index contributed by atoms with van der Waals surface area (Å²) in [6.07, 6.45) is -2.19. The number of amides is 1. The Morgan fingerprint density at radius 1 is 0.667 bits per heavy atom. The molecule has 0 unspecified atom stereocenters. The molecule has 4 aromatic carbocycles. The van der Waals surface area contributed by atoms with Gasteiger partial charge in [-0.1, -0.05) is 81.2 Å². The van der Waals surface area contributed by atoms with Crippen molar-refractivity contribution in [1.82, 2.24) is 0 Å². The van der Waals surface area contributed by atoms with E-state index >= 15 is 0 Å². The van der Waals surface area contributed by atoms with Crippen LogP contribution < -0.4 is 0 Å². The molecule has 0 atom stereocenters. The highest BCUT2D eigenvalue weighted by Gasteiger charge is 2.37. The normalized spacial score (nSPS) is 9.59. The first-order valence-corrected chi connectivity index (χ1v) is 20.0.